The van der Waals surface area contributed by atoms with Crippen molar-refractivity contribution in [1.29, 1.82) is 0 Å². The molecule has 2 rings (SSSR count). The molecular weight excluding hydrogens is 246 g/mol. The molecule has 1 saturated carbocycles. The highest BCUT2D eigenvalue weighted by Crippen LogP contribution is 2.51. The van der Waals surface area contributed by atoms with E-state index < -0.39 is 0 Å². The highest BCUT2D eigenvalue weighted by molar-refractivity contribution is 5.87. The lowest BCUT2D eigenvalue weighted by Gasteiger charge is -2.43. The van der Waals surface area contributed by atoms with Crippen molar-refractivity contribution in [3.8, 4) is 12.3 Å². The van der Waals surface area contributed by atoms with Gasteiger partial charge in [-0.15, -0.1) is 12.3 Å². The molecule has 1 saturated heterocycles. The molecule has 20 heavy (non-hydrogen) atoms. The van der Waals surface area contributed by atoms with E-state index in [9.17, 15) is 4.79 Å². The van der Waals surface area contributed by atoms with E-state index in [-0.39, 0.29) is 5.91 Å². The quantitative estimate of drug-likeness (QED) is 0.545. The normalized spacial score (nSPS) is 27.0. The minimum absolute atomic E-state index is 0.131. The summed E-state index contributed by atoms with van der Waals surface area (Å²) >= 11 is 0. The van der Waals surface area contributed by atoms with Gasteiger partial charge in [0.1, 0.15) is 0 Å². The van der Waals surface area contributed by atoms with Crippen molar-refractivity contribution in [2.45, 2.75) is 60.3 Å². The van der Waals surface area contributed by atoms with E-state index >= 15 is 0 Å². The third-order valence-electron chi connectivity index (χ3n) is 3.81. The smallest absolute Gasteiger partial charge is 0.246 e. The Hall–Kier alpha value is -1.23. The summed E-state index contributed by atoms with van der Waals surface area (Å²) in [5.41, 5.74) is 0.467. The molecule has 2 nitrogen and oxygen atoms in total. The fraction of sp³-hybridized carbons (Fsp3) is 0.722. The number of nitrogens with zero attached hydrogens (tertiary/aromatic N) is 1. The zero-order chi connectivity index (χ0) is 15.6. The van der Waals surface area contributed by atoms with Crippen LogP contribution in [0.2, 0.25) is 0 Å². The van der Waals surface area contributed by atoms with Gasteiger partial charge in [0.2, 0.25) is 5.91 Å². The fourth-order valence-electron chi connectivity index (χ4n) is 3.21. The van der Waals surface area contributed by atoms with Gasteiger partial charge in [-0.05, 0) is 30.6 Å². The molecule has 0 radical (unpaired) electrons. The highest BCUT2D eigenvalue weighted by Gasteiger charge is 2.47. The van der Waals surface area contributed by atoms with Gasteiger partial charge < -0.3 is 4.90 Å². The third kappa shape index (κ3) is 5.04. The molecule has 0 aromatic heterocycles. The number of carbonyl (C=O) groups excluding carboxylic acids is 1. The molecule has 1 aliphatic heterocycles. The second kappa shape index (κ2) is 9.64. The van der Waals surface area contributed by atoms with Gasteiger partial charge >= 0.3 is 0 Å². The summed E-state index contributed by atoms with van der Waals surface area (Å²) in [6.07, 6.45) is 12.9. The van der Waals surface area contributed by atoms with Crippen molar-refractivity contribution in [2.75, 3.05) is 13.1 Å². The minimum Gasteiger partial charge on any atom is -0.339 e. The first-order valence-corrected chi connectivity index (χ1v) is 8.04. The summed E-state index contributed by atoms with van der Waals surface area (Å²) in [4.78, 5) is 13.8. The van der Waals surface area contributed by atoms with E-state index in [2.05, 4.69) is 12.8 Å². The Morgan fingerprint density at radius 3 is 2.45 bits per heavy atom. The Labute approximate surface area is 125 Å². The monoisotopic (exact) mass is 277 g/mol. The van der Waals surface area contributed by atoms with Gasteiger partial charge in [0.15, 0.2) is 0 Å². The average Bonchev–Trinajstić information content (AvgIpc) is 2.88. The molecule has 1 amide bonds. The summed E-state index contributed by atoms with van der Waals surface area (Å²) in [6, 6.07) is 0. The van der Waals surface area contributed by atoms with Gasteiger partial charge in [-0.25, -0.2) is 0 Å². The number of amides is 1. The van der Waals surface area contributed by atoms with E-state index in [0.717, 1.165) is 19.0 Å². The highest BCUT2D eigenvalue weighted by atomic mass is 16.2. The van der Waals surface area contributed by atoms with Gasteiger partial charge in [0.25, 0.3) is 0 Å². The van der Waals surface area contributed by atoms with Crippen molar-refractivity contribution >= 4 is 5.91 Å². The number of rotatable bonds is 2. The Morgan fingerprint density at radius 2 is 1.95 bits per heavy atom. The van der Waals surface area contributed by atoms with Crippen LogP contribution >= 0.6 is 0 Å². The summed E-state index contributed by atoms with van der Waals surface area (Å²) < 4.78 is 0. The van der Waals surface area contributed by atoms with Crippen LogP contribution in [0.5, 0.6) is 0 Å². The van der Waals surface area contributed by atoms with Crippen molar-refractivity contribution in [2.24, 2.45) is 11.3 Å². The van der Waals surface area contributed by atoms with Crippen LogP contribution in [-0.4, -0.2) is 23.9 Å². The lowest BCUT2D eigenvalue weighted by Crippen LogP contribution is -2.39. The predicted molar refractivity (Wildman–Crippen MR) is 87.3 cm³/mol. The van der Waals surface area contributed by atoms with Gasteiger partial charge in [-0.3, -0.25) is 4.79 Å². The van der Waals surface area contributed by atoms with Gasteiger partial charge in [0, 0.05) is 25.6 Å². The molecule has 0 unspecified atom stereocenters. The molecule has 2 fully saturated rings. The van der Waals surface area contributed by atoms with Gasteiger partial charge in [0.05, 0.1) is 0 Å². The molecule has 2 aliphatic rings. The zero-order valence-electron chi connectivity index (χ0n) is 13.9. The molecule has 0 aromatic rings. The number of hydrogen-bond donors (Lipinski definition) is 0. The molecule has 0 bridgehead atoms. The van der Waals surface area contributed by atoms with E-state index in [4.69, 9.17) is 6.42 Å². The second-order valence-corrected chi connectivity index (χ2v) is 5.33. The molecule has 2 heteroatoms. The summed E-state index contributed by atoms with van der Waals surface area (Å²) in [6.45, 7) is 12.2. The Bertz CT molecular complexity index is 345. The number of carbonyl (C=O) groups is 1. The lowest BCUT2D eigenvalue weighted by molar-refractivity contribution is -0.125. The van der Waals surface area contributed by atoms with Crippen molar-refractivity contribution in [1.82, 2.24) is 4.90 Å². The van der Waals surface area contributed by atoms with E-state index in [1.54, 1.807) is 12.2 Å². The maximum atomic E-state index is 11.8. The van der Waals surface area contributed by atoms with Crippen molar-refractivity contribution < 1.29 is 4.79 Å². The Kier molecular flexibility index (Phi) is 9.05. The number of hydrogen-bond acceptors (Lipinski definition) is 1. The molecule has 114 valence electrons. The van der Waals surface area contributed by atoms with Crippen LogP contribution in [0.25, 0.3) is 0 Å². The summed E-state index contributed by atoms with van der Waals surface area (Å²) in [5.74, 6) is 3.49. The van der Waals surface area contributed by atoms with E-state index in [1.807, 2.05) is 32.6 Å². The standard InChI is InChI=1S/C14H19NO.2C2H6/c1-3-4-5-6-13(16)15-8-7-14(11-15)9-12(2)10-14;2*1-2/h1,5-6,12H,4,7-11H2,2H3;2*1-2H3/b6-5+;;. The average molecular weight is 277 g/mol. The Balaban J connectivity index is 0.000000829. The molecule has 1 spiro atoms. The van der Waals surface area contributed by atoms with Crippen LogP contribution < -0.4 is 0 Å². The SMILES string of the molecule is C#CC/C=C/C(=O)N1CCC2(CC(C)C2)C1.CC.CC. The third-order valence-corrected chi connectivity index (χ3v) is 3.81. The first-order valence-electron chi connectivity index (χ1n) is 8.04. The molecule has 0 atom stereocenters. The van der Waals surface area contributed by atoms with Crippen molar-refractivity contribution in [3.05, 3.63) is 12.2 Å². The number of likely N-dealkylation sites (tertiary alicyclic amines) is 1. The topological polar surface area (TPSA) is 20.3 Å². The number of terminal acetylenes is 1. The van der Waals surface area contributed by atoms with Crippen LogP contribution in [-0.2, 0) is 4.79 Å². The molecule has 1 aliphatic carbocycles. The lowest BCUT2D eigenvalue weighted by atomic mass is 9.62. The maximum absolute atomic E-state index is 11.8. The van der Waals surface area contributed by atoms with E-state index in [1.165, 1.54) is 19.3 Å². The Morgan fingerprint density at radius 1 is 1.35 bits per heavy atom. The number of allylic oxidation sites excluding steroid dienone is 1. The van der Waals surface area contributed by atoms with Gasteiger partial charge in [-0.2, -0.15) is 0 Å². The summed E-state index contributed by atoms with van der Waals surface area (Å²) in [5, 5.41) is 0. The van der Waals surface area contributed by atoms with Crippen LogP contribution in [0.15, 0.2) is 12.2 Å². The first kappa shape index (κ1) is 18.8. The van der Waals surface area contributed by atoms with E-state index in [0.29, 0.717) is 11.8 Å². The molecule has 0 aromatic carbocycles. The molecule has 0 N–H and O–H groups in total. The molecular formula is C18H31NO. The first-order chi connectivity index (χ1) is 9.65. The fourth-order valence-corrected chi connectivity index (χ4v) is 3.21. The van der Waals surface area contributed by atoms with Crippen LogP contribution in [0.3, 0.4) is 0 Å². The van der Waals surface area contributed by atoms with Crippen LogP contribution in [0.4, 0.5) is 0 Å². The predicted octanol–water partition coefficient (Wildman–Crippen LogP) is 4.27. The largest absolute Gasteiger partial charge is 0.339 e. The minimum atomic E-state index is 0.131. The van der Waals surface area contributed by atoms with Crippen molar-refractivity contribution in [3.63, 3.8) is 0 Å². The molecule has 1 heterocycles. The van der Waals surface area contributed by atoms with Gasteiger partial charge in [-0.1, -0.05) is 40.7 Å². The van der Waals surface area contributed by atoms with Crippen LogP contribution in [0, 0.1) is 23.7 Å². The summed E-state index contributed by atoms with van der Waals surface area (Å²) in [7, 11) is 0. The zero-order valence-corrected chi connectivity index (χ0v) is 13.9. The maximum Gasteiger partial charge on any atom is 0.246 e. The van der Waals surface area contributed by atoms with Crippen LogP contribution in [0.1, 0.15) is 60.3 Å². The second-order valence-electron chi connectivity index (χ2n) is 5.33.